The zero-order valence-electron chi connectivity index (χ0n) is 20.2. The van der Waals surface area contributed by atoms with Crippen LogP contribution < -0.4 is 15.0 Å². The standard InChI is InChI=1S/C25H30N4O5S/c1-16-5-6-22(29-12-18(13-29)15-35(31,32)33)10-24(16)25(30)27-17(2)19-7-20(9-23(8-19)34-4)21-11-26-28(3)14-21/h5-11,14,17-18H,12-13,15H2,1-4H3,(H,27,30)(H,31,32,33)/t17-/m1/s1. The lowest BCUT2D eigenvalue weighted by Crippen LogP contribution is -2.49. The first kappa shape index (κ1) is 24.7. The minimum atomic E-state index is -3.99. The lowest BCUT2D eigenvalue weighted by atomic mass is 9.98. The molecule has 2 heterocycles. The summed E-state index contributed by atoms with van der Waals surface area (Å²) < 4.78 is 38.5. The number of benzene rings is 2. The fourth-order valence-corrected chi connectivity index (χ4v) is 5.13. The second-order valence-electron chi connectivity index (χ2n) is 9.11. The Labute approximate surface area is 205 Å². The topological polar surface area (TPSA) is 114 Å². The van der Waals surface area contributed by atoms with Gasteiger partial charge in [0, 0.05) is 49.1 Å². The van der Waals surface area contributed by atoms with Crippen LogP contribution in [0.2, 0.25) is 0 Å². The summed E-state index contributed by atoms with van der Waals surface area (Å²) in [6.07, 6.45) is 3.71. The summed E-state index contributed by atoms with van der Waals surface area (Å²) in [4.78, 5) is 15.2. The molecule has 9 nitrogen and oxygen atoms in total. The zero-order chi connectivity index (χ0) is 25.3. The van der Waals surface area contributed by atoms with Crippen molar-refractivity contribution >= 4 is 21.7 Å². The van der Waals surface area contributed by atoms with E-state index in [9.17, 15) is 13.2 Å². The molecule has 2 aromatic carbocycles. The third-order valence-electron chi connectivity index (χ3n) is 6.28. The average molecular weight is 499 g/mol. The number of carbonyl (C=O) groups is 1. The van der Waals surface area contributed by atoms with Gasteiger partial charge in [0.25, 0.3) is 16.0 Å². The second kappa shape index (κ2) is 9.71. The summed E-state index contributed by atoms with van der Waals surface area (Å²) in [5.41, 5.74) is 5.06. The highest BCUT2D eigenvalue weighted by atomic mass is 32.2. The van der Waals surface area contributed by atoms with Crippen LogP contribution in [0.3, 0.4) is 0 Å². The van der Waals surface area contributed by atoms with E-state index in [0.29, 0.717) is 24.4 Å². The van der Waals surface area contributed by atoms with Crippen molar-refractivity contribution in [3.05, 3.63) is 65.5 Å². The Balaban J connectivity index is 1.49. The first-order valence-corrected chi connectivity index (χ1v) is 12.9. The number of hydrogen-bond donors (Lipinski definition) is 2. The van der Waals surface area contributed by atoms with Gasteiger partial charge >= 0.3 is 0 Å². The van der Waals surface area contributed by atoms with Gasteiger partial charge in [-0.05, 0) is 60.9 Å². The molecule has 1 aromatic heterocycles. The Hall–Kier alpha value is -3.37. The van der Waals surface area contributed by atoms with E-state index in [-0.39, 0.29) is 23.6 Å². The quantitative estimate of drug-likeness (QED) is 0.459. The van der Waals surface area contributed by atoms with Crippen LogP contribution in [0.5, 0.6) is 5.75 Å². The third kappa shape index (κ3) is 5.83. The number of hydrogen-bond acceptors (Lipinski definition) is 6. The maximum atomic E-state index is 13.2. The molecule has 1 fully saturated rings. The largest absolute Gasteiger partial charge is 0.497 e. The average Bonchev–Trinajstić information content (AvgIpc) is 3.21. The van der Waals surface area contributed by atoms with E-state index in [2.05, 4.69) is 10.4 Å². The number of amides is 1. The number of carbonyl (C=O) groups excluding carboxylic acids is 1. The molecule has 1 amide bonds. The molecule has 10 heteroatoms. The SMILES string of the molecule is COc1cc(-c2cnn(C)c2)cc([C@@H](C)NC(=O)c2cc(N3CC(CS(=O)(=O)O)C3)ccc2C)c1. The van der Waals surface area contributed by atoms with Crippen molar-refractivity contribution in [2.45, 2.75) is 19.9 Å². The second-order valence-corrected chi connectivity index (χ2v) is 10.6. The molecule has 0 unspecified atom stereocenters. The molecule has 0 aliphatic carbocycles. The van der Waals surface area contributed by atoms with Gasteiger partial charge in [-0.1, -0.05) is 6.07 Å². The van der Waals surface area contributed by atoms with Gasteiger partial charge in [-0.2, -0.15) is 13.5 Å². The van der Waals surface area contributed by atoms with Crippen LogP contribution in [0.15, 0.2) is 48.8 Å². The highest BCUT2D eigenvalue weighted by Gasteiger charge is 2.31. The van der Waals surface area contributed by atoms with Crippen molar-refractivity contribution in [1.82, 2.24) is 15.1 Å². The number of aryl methyl sites for hydroxylation is 2. The molecule has 3 aromatic rings. The first-order valence-electron chi connectivity index (χ1n) is 11.3. The molecule has 0 bridgehead atoms. The molecule has 0 spiro atoms. The molecular weight excluding hydrogens is 468 g/mol. The first-order chi connectivity index (χ1) is 16.5. The predicted octanol–water partition coefficient (Wildman–Crippen LogP) is 3.22. The molecule has 0 radical (unpaired) electrons. The maximum Gasteiger partial charge on any atom is 0.265 e. The number of rotatable bonds is 8. The Kier molecular flexibility index (Phi) is 6.86. The summed E-state index contributed by atoms with van der Waals surface area (Å²) >= 11 is 0. The van der Waals surface area contributed by atoms with E-state index in [0.717, 1.165) is 27.9 Å². The summed E-state index contributed by atoms with van der Waals surface area (Å²) in [6, 6.07) is 11.2. The van der Waals surface area contributed by atoms with E-state index in [1.165, 1.54) is 0 Å². The Bertz CT molecular complexity index is 1350. The van der Waals surface area contributed by atoms with Crippen LogP contribution in [-0.4, -0.2) is 54.6 Å². The molecule has 2 N–H and O–H groups in total. The molecule has 4 rings (SSSR count). The van der Waals surface area contributed by atoms with Crippen LogP contribution in [-0.2, 0) is 17.2 Å². The smallest absolute Gasteiger partial charge is 0.265 e. The highest BCUT2D eigenvalue weighted by Crippen LogP contribution is 2.30. The van der Waals surface area contributed by atoms with Crippen molar-refractivity contribution in [2.24, 2.45) is 13.0 Å². The lowest BCUT2D eigenvalue weighted by molar-refractivity contribution is 0.0939. The van der Waals surface area contributed by atoms with Crippen molar-refractivity contribution in [1.29, 1.82) is 0 Å². The molecule has 1 saturated heterocycles. The molecule has 0 saturated carbocycles. The van der Waals surface area contributed by atoms with Crippen LogP contribution in [0.1, 0.15) is 34.5 Å². The maximum absolute atomic E-state index is 13.2. The molecule has 1 aliphatic rings. The van der Waals surface area contributed by atoms with E-state index < -0.39 is 10.1 Å². The van der Waals surface area contributed by atoms with Gasteiger partial charge in [-0.15, -0.1) is 0 Å². The number of aromatic nitrogens is 2. The number of anilines is 1. The van der Waals surface area contributed by atoms with Gasteiger partial charge in [0.15, 0.2) is 0 Å². The summed E-state index contributed by atoms with van der Waals surface area (Å²) in [5.74, 6) is 0.128. The minimum absolute atomic E-state index is 0.120. The van der Waals surface area contributed by atoms with E-state index >= 15 is 0 Å². The van der Waals surface area contributed by atoms with E-state index in [4.69, 9.17) is 9.29 Å². The van der Waals surface area contributed by atoms with Crippen LogP contribution in [0.25, 0.3) is 11.1 Å². The van der Waals surface area contributed by atoms with Gasteiger partial charge in [0.2, 0.25) is 0 Å². The van der Waals surface area contributed by atoms with Crippen LogP contribution in [0, 0.1) is 12.8 Å². The number of ether oxygens (including phenoxy) is 1. The van der Waals surface area contributed by atoms with Crippen molar-refractivity contribution in [3.63, 3.8) is 0 Å². The van der Waals surface area contributed by atoms with Crippen molar-refractivity contribution in [3.8, 4) is 16.9 Å². The zero-order valence-corrected chi connectivity index (χ0v) is 21.0. The van der Waals surface area contributed by atoms with E-state index in [1.54, 1.807) is 18.0 Å². The highest BCUT2D eigenvalue weighted by molar-refractivity contribution is 7.85. The van der Waals surface area contributed by atoms with Gasteiger partial charge in [0.05, 0.1) is 25.1 Å². The summed E-state index contributed by atoms with van der Waals surface area (Å²) in [7, 11) is -0.516. The lowest BCUT2D eigenvalue weighted by Gasteiger charge is -2.40. The fourth-order valence-electron chi connectivity index (χ4n) is 4.32. The molecule has 35 heavy (non-hydrogen) atoms. The van der Waals surface area contributed by atoms with Gasteiger partial charge in [-0.3, -0.25) is 14.0 Å². The third-order valence-corrected chi connectivity index (χ3v) is 7.18. The van der Waals surface area contributed by atoms with Gasteiger partial charge in [-0.25, -0.2) is 0 Å². The molecule has 186 valence electrons. The predicted molar refractivity (Wildman–Crippen MR) is 134 cm³/mol. The summed E-state index contributed by atoms with van der Waals surface area (Å²) in [5, 5.41) is 7.32. The summed E-state index contributed by atoms with van der Waals surface area (Å²) in [6.45, 7) is 4.84. The fraction of sp³-hybridized carbons (Fsp3) is 0.360. The molecule has 1 aliphatic heterocycles. The normalized spacial score (nSPS) is 14.9. The Morgan fingerprint density at radius 1 is 1.23 bits per heavy atom. The minimum Gasteiger partial charge on any atom is -0.497 e. The van der Waals surface area contributed by atoms with Gasteiger partial charge in [0.1, 0.15) is 5.75 Å². The number of nitrogens with zero attached hydrogens (tertiary/aromatic N) is 3. The molecular formula is C25H30N4O5S. The number of methoxy groups -OCH3 is 1. The number of nitrogens with one attached hydrogen (secondary N) is 1. The molecule has 1 atom stereocenters. The monoisotopic (exact) mass is 498 g/mol. The van der Waals surface area contributed by atoms with Crippen molar-refractivity contribution in [2.75, 3.05) is 30.9 Å². The van der Waals surface area contributed by atoms with E-state index in [1.807, 2.05) is 68.4 Å². The van der Waals surface area contributed by atoms with Gasteiger partial charge < -0.3 is 15.0 Å². The Morgan fingerprint density at radius 2 is 1.97 bits per heavy atom. The van der Waals surface area contributed by atoms with Crippen LogP contribution >= 0.6 is 0 Å². The van der Waals surface area contributed by atoms with Crippen molar-refractivity contribution < 1.29 is 22.5 Å². The van der Waals surface area contributed by atoms with Crippen LogP contribution in [0.4, 0.5) is 5.69 Å². The Morgan fingerprint density at radius 3 is 2.60 bits per heavy atom.